The predicted molar refractivity (Wildman–Crippen MR) is 116 cm³/mol. The van der Waals surface area contributed by atoms with E-state index in [4.69, 9.17) is 16.6 Å². The molecule has 0 spiro atoms. The zero-order chi connectivity index (χ0) is 19.6. The first kappa shape index (κ1) is 20.0. The number of hydrogen-bond donors (Lipinski definition) is 0. The fraction of sp³-hybridized carbons (Fsp3) is 0.364. The average Bonchev–Trinajstić information content (AvgIpc) is 2.62. The summed E-state index contributed by atoms with van der Waals surface area (Å²) in [6, 6.07) is 14.0. The number of hydrogen-bond acceptors (Lipinski definition) is 3. The van der Waals surface area contributed by atoms with Gasteiger partial charge in [-0.25, -0.2) is 4.98 Å². The van der Waals surface area contributed by atoms with Crippen molar-refractivity contribution in [3.8, 4) is 0 Å². The molecule has 0 aliphatic heterocycles. The van der Waals surface area contributed by atoms with E-state index in [2.05, 4.69) is 52.0 Å². The Morgan fingerprint density at radius 1 is 1.11 bits per heavy atom. The quantitative estimate of drug-likeness (QED) is 0.386. The molecule has 1 heterocycles. The van der Waals surface area contributed by atoms with Gasteiger partial charge >= 0.3 is 0 Å². The summed E-state index contributed by atoms with van der Waals surface area (Å²) in [6.45, 7) is 9.37. The van der Waals surface area contributed by atoms with Crippen LogP contribution in [0.5, 0.6) is 0 Å². The van der Waals surface area contributed by atoms with Gasteiger partial charge in [-0.1, -0.05) is 75.3 Å². The third kappa shape index (κ3) is 4.56. The van der Waals surface area contributed by atoms with E-state index in [-0.39, 0.29) is 11.0 Å². The third-order valence-corrected chi connectivity index (χ3v) is 5.80. The number of halogens is 1. The molecule has 0 atom stereocenters. The summed E-state index contributed by atoms with van der Waals surface area (Å²) in [4.78, 5) is 17.6. The van der Waals surface area contributed by atoms with Crippen LogP contribution in [0, 0.1) is 0 Å². The summed E-state index contributed by atoms with van der Waals surface area (Å²) in [5.41, 5.74) is 3.34. The molecule has 0 bridgehead atoms. The van der Waals surface area contributed by atoms with Gasteiger partial charge < -0.3 is 0 Å². The van der Waals surface area contributed by atoms with Crippen LogP contribution in [0.2, 0.25) is 5.02 Å². The Labute approximate surface area is 169 Å². The van der Waals surface area contributed by atoms with Gasteiger partial charge in [0.1, 0.15) is 0 Å². The van der Waals surface area contributed by atoms with Gasteiger partial charge in [0.15, 0.2) is 5.16 Å². The first-order valence-electron chi connectivity index (χ1n) is 9.22. The molecule has 3 aromatic rings. The van der Waals surface area contributed by atoms with Crippen molar-refractivity contribution in [3.05, 3.63) is 69.0 Å². The highest BCUT2D eigenvalue weighted by molar-refractivity contribution is 7.98. The number of thioether (sulfide) groups is 1. The molecular formula is C22H25ClN2OS. The van der Waals surface area contributed by atoms with Gasteiger partial charge in [0, 0.05) is 17.3 Å². The maximum absolute atomic E-state index is 12.9. The molecule has 0 fully saturated rings. The Morgan fingerprint density at radius 3 is 2.44 bits per heavy atom. The molecule has 142 valence electrons. The fourth-order valence-corrected chi connectivity index (χ4v) is 4.10. The Hall–Kier alpha value is -1.78. The smallest absolute Gasteiger partial charge is 0.262 e. The van der Waals surface area contributed by atoms with Gasteiger partial charge in [0.2, 0.25) is 0 Å². The van der Waals surface area contributed by atoms with E-state index in [1.54, 1.807) is 34.5 Å². The molecule has 0 aliphatic rings. The second-order valence-corrected chi connectivity index (χ2v) is 9.13. The SMILES string of the molecule is CCCn1c(SCc2ccc(C(C)(C)C)cc2)nc2cc(Cl)ccc2c1=O. The molecule has 0 unspecified atom stereocenters. The zero-order valence-electron chi connectivity index (χ0n) is 16.3. The minimum absolute atomic E-state index is 0.00379. The van der Waals surface area contributed by atoms with E-state index < -0.39 is 0 Å². The van der Waals surface area contributed by atoms with Crippen LogP contribution in [0.15, 0.2) is 52.4 Å². The molecule has 0 amide bonds. The number of benzene rings is 2. The lowest BCUT2D eigenvalue weighted by Gasteiger charge is -2.19. The van der Waals surface area contributed by atoms with E-state index in [1.807, 2.05) is 0 Å². The predicted octanol–water partition coefficient (Wildman–Crippen LogP) is 6.05. The number of fused-ring (bicyclic) bond motifs is 1. The molecule has 0 saturated carbocycles. The van der Waals surface area contributed by atoms with Gasteiger partial charge in [0.25, 0.3) is 5.56 Å². The van der Waals surface area contributed by atoms with Gasteiger partial charge in [-0.3, -0.25) is 9.36 Å². The number of rotatable bonds is 5. The lowest BCUT2D eigenvalue weighted by atomic mass is 9.87. The van der Waals surface area contributed by atoms with Crippen LogP contribution >= 0.6 is 23.4 Å². The van der Waals surface area contributed by atoms with Gasteiger partial charge in [-0.15, -0.1) is 0 Å². The fourth-order valence-electron chi connectivity index (χ4n) is 2.95. The molecule has 0 radical (unpaired) electrons. The van der Waals surface area contributed by atoms with Crippen molar-refractivity contribution in [2.45, 2.75) is 57.0 Å². The van der Waals surface area contributed by atoms with E-state index >= 15 is 0 Å². The minimum Gasteiger partial charge on any atom is -0.287 e. The van der Waals surface area contributed by atoms with Crippen molar-refractivity contribution >= 4 is 34.3 Å². The molecule has 0 saturated heterocycles. The summed E-state index contributed by atoms with van der Waals surface area (Å²) in [7, 11) is 0. The molecule has 0 N–H and O–H groups in total. The van der Waals surface area contributed by atoms with Crippen LogP contribution in [-0.4, -0.2) is 9.55 Å². The van der Waals surface area contributed by atoms with Crippen LogP contribution in [-0.2, 0) is 17.7 Å². The summed E-state index contributed by atoms with van der Waals surface area (Å²) < 4.78 is 1.78. The molecule has 2 aromatic carbocycles. The Balaban J connectivity index is 1.91. The molecule has 27 heavy (non-hydrogen) atoms. The molecule has 0 aliphatic carbocycles. The van der Waals surface area contributed by atoms with E-state index in [1.165, 1.54) is 11.1 Å². The molecular weight excluding hydrogens is 376 g/mol. The highest BCUT2D eigenvalue weighted by atomic mass is 35.5. The second kappa shape index (κ2) is 8.07. The lowest BCUT2D eigenvalue weighted by Crippen LogP contribution is -2.23. The highest BCUT2D eigenvalue weighted by Crippen LogP contribution is 2.26. The monoisotopic (exact) mass is 400 g/mol. The summed E-state index contributed by atoms with van der Waals surface area (Å²) in [5.74, 6) is 0.770. The van der Waals surface area contributed by atoms with Gasteiger partial charge in [0.05, 0.1) is 10.9 Å². The van der Waals surface area contributed by atoms with Crippen molar-refractivity contribution in [2.24, 2.45) is 0 Å². The summed E-state index contributed by atoms with van der Waals surface area (Å²) >= 11 is 7.69. The summed E-state index contributed by atoms with van der Waals surface area (Å²) in [5, 5.41) is 1.96. The van der Waals surface area contributed by atoms with Crippen molar-refractivity contribution in [3.63, 3.8) is 0 Å². The van der Waals surface area contributed by atoms with Crippen molar-refractivity contribution < 1.29 is 0 Å². The van der Waals surface area contributed by atoms with E-state index in [0.29, 0.717) is 22.5 Å². The summed E-state index contributed by atoms with van der Waals surface area (Å²) in [6.07, 6.45) is 0.883. The minimum atomic E-state index is 0.00379. The molecule has 5 heteroatoms. The van der Waals surface area contributed by atoms with Crippen molar-refractivity contribution in [1.82, 2.24) is 9.55 Å². The maximum atomic E-state index is 12.9. The van der Waals surface area contributed by atoms with Crippen LogP contribution in [0.4, 0.5) is 0 Å². The third-order valence-electron chi connectivity index (χ3n) is 4.52. The van der Waals surface area contributed by atoms with Gasteiger partial charge in [-0.05, 0) is 41.2 Å². The van der Waals surface area contributed by atoms with Crippen LogP contribution < -0.4 is 5.56 Å². The lowest BCUT2D eigenvalue weighted by molar-refractivity contribution is 0.584. The van der Waals surface area contributed by atoms with E-state index in [9.17, 15) is 4.79 Å². The van der Waals surface area contributed by atoms with Crippen LogP contribution in [0.1, 0.15) is 45.2 Å². The normalized spacial score (nSPS) is 11.9. The maximum Gasteiger partial charge on any atom is 0.262 e. The largest absolute Gasteiger partial charge is 0.287 e. The molecule has 1 aromatic heterocycles. The molecule has 3 nitrogen and oxygen atoms in total. The zero-order valence-corrected chi connectivity index (χ0v) is 17.8. The molecule has 3 rings (SSSR count). The Bertz CT molecular complexity index is 1000. The van der Waals surface area contributed by atoms with Crippen molar-refractivity contribution in [1.29, 1.82) is 0 Å². The topological polar surface area (TPSA) is 34.9 Å². The second-order valence-electron chi connectivity index (χ2n) is 7.75. The number of nitrogens with zero attached hydrogens (tertiary/aromatic N) is 2. The Kier molecular flexibility index (Phi) is 5.97. The van der Waals surface area contributed by atoms with Crippen LogP contribution in [0.3, 0.4) is 0 Å². The highest BCUT2D eigenvalue weighted by Gasteiger charge is 2.14. The van der Waals surface area contributed by atoms with Crippen LogP contribution in [0.25, 0.3) is 10.9 Å². The number of aromatic nitrogens is 2. The first-order chi connectivity index (χ1) is 12.8. The van der Waals surface area contributed by atoms with E-state index in [0.717, 1.165) is 17.3 Å². The van der Waals surface area contributed by atoms with Gasteiger partial charge in [-0.2, -0.15) is 0 Å². The first-order valence-corrected chi connectivity index (χ1v) is 10.6. The van der Waals surface area contributed by atoms with Crippen molar-refractivity contribution in [2.75, 3.05) is 0 Å². The Morgan fingerprint density at radius 2 is 1.81 bits per heavy atom. The standard InChI is InChI=1S/C22H25ClN2OS/c1-5-12-25-20(26)18-11-10-17(23)13-19(18)24-21(25)27-14-15-6-8-16(9-7-15)22(2,3)4/h6-11,13H,5,12,14H2,1-4H3. The average molecular weight is 401 g/mol.